The maximum Gasteiger partial charge on any atom is 0.303 e. The van der Waals surface area contributed by atoms with E-state index in [1.54, 1.807) is 0 Å². The van der Waals surface area contributed by atoms with Crippen LogP contribution < -0.4 is 0 Å². The largest absolute Gasteiger partial charge is 0.481 e. The van der Waals surface area contributed by atoms with E-state index in [1.165, 1.54) is 6.33 Å². The van der Waals surface area contributed by atoms with Gasteiger partial charge in [0.25, 0.3) is 0 Å². The summed E-state index contributed by atoms with van der Waals surface area (Å²) < 4.78 is 5.32. The number of carbonyl (C=O) groups is 1. The molecule has 0 atom stereocenters. The molecule has 0 amide bonds. The Balaban J connectivity index is 2.19. The molecule has 0 saturated heterocycles. The maximum absolute atomic E-state index is 10.5. The van der Waals surface area contributed by atoms with Gasteiger partial charge in [-0.1, -0.05) is 0 Å². The second-order valence-corrected chi connectivity index (χ2v) is 3.44. The number of hydrogen-bond acceptors (Lipinski definition) is 4. The zero-order valence-electron chi connectivity index (χ0n) is 8.27. The van der Waals surface area contributed by atoms with Gasteiger partial charge in [0.1, 0.15) is 6.33 Å². The van der Waals surface area contributed by atoms with Crippen molar-refractivity contribution in [2.24, 2.45) is 0 Å². The number of hydrogen-bond donors (Lipinski definition) is 1. The number of nitrogens with zero attached hydrogens (tertiary/aromatic N) is 2. The van der Waals surface area contributed by atoms with Crippen LogP contribution in [0.1, 0.15) is 23.4 Å². The van der Waals surface area contributed by atoms with Gasteiger partial charge in [-0.25, -0.2) is 9.97 Å². The lowest BCUT2D eigenvalue weighted by atomic mass is 10.0. The molecule has 1 N–H and O–H groups in total. The highest BCUT2D eigenvalue weighted by molar-refractivity contribution is 5.67. The molecule has 1 aliphatic rings. The summed E-state index contributed by atoms with van der Waals surface area (Å²) >= 11 is 0. The normalized spacial score (nSPS) is 14.7. The van der Waals surface area contributed by atoms with Gasteiger partial charge in [-0.15, -0.1) is 0 Å². The molecule has 80 valence electrons. The zero-order valence-corrected chi connectivity index (χ0v) is 8.27. The smallest absolute Gasteiger partial charge is 0.303 e. The summed E-state index contributed by atoms with van der Waals surface area (Å²) in [5.74, 6) is -0.806. The number of aryl methyl sites for hydroxylation is 1. The first-order valence-corrected chi connectivity index (χ1v) is 4.88. The van der Waals surface area contributed by atoms with E-state index in [1.807, 2.05) is 0 Å². The van der Waals surface area contributed by atoms with Crippen LogP contribution in [0.25, 0.3) is 0 Å². The molecule has 0 spiro atoms. The van der Waals surface area contributed by atoms with Crippen LogP contribution in [0.2, 0.25) is 0 Å². The summed E-state index contributed by atoms with van der Waals surface area (Å²) in [7, 11) is 0. The summed E-state index contributed by atoms with van der Waals surface area (Å²) in [6.45, 7) is 1.19. The first-order valence-electron chi connectivity index (χ1n) is 4.88. The Morgan fingerprint density at radius 3 is 3.20 bits per heavy atom. The Labute approximate surface area is 87.1 Å². The van der Waals surface area contributed by atoms with Crippen LogP contribution in [0.3, 0.4) is 0 Å². The predicted octanol–water partition coefficient (Wildman–Crippen LogP) is 0.567. The Morgan fingerprint density at radius 1 is 1.53 bits per heavy atom. The topological polar surface area (TPSA) is 72.3 Å². The first-order chi connectivity index (χ1) is 7.27. The van der Waals surface area contributed by atoms with E-state index in [0.29, 0.717) is 19.6 Å². The third-order valence-corrected chi connectivity index (χ3v) is 2.43. The van der Waals surface area contributed by atoms with E-state index >= 15 is 0 Å². The molecule has 0 unspecified atom stereocenters. The summed E-state index contributed by atoms with van der Waals surface area (Å²) in [5.41, 5.74) is 2.78. The Morgan fingerprint density at radius 2 is 2.40 bits per heavy atom. The number of fused-ring (bicyclic) bond motifs is 1. The molecule has 1 aromatic rings. The standard InChI is InChI=1S/C10H12N2O3/c13-10(14)2-1-8-7-5-15-4-3-9(7)12-6-11-8/h6H,1-5H2,(H,13,14). The van der Waals surface area contributed by atoms with Gasteiger partial charge in [-0.3, -0.25) is 4.79 Å². The van der Waals surface area contributed by atoms with Gasteiger partial charge in [0.05, 0.1) is 31.0 Å². The Bertz CT molecular complexity index is 379. The van der Waals surface area contributed by atoms with Gasteiger partial charge in [-0.05, 0) is 0 Å². The van der Waals surface area contributed by atoms with E-state index < -0.39 is 5.97 Å². The van der Waals surface area contributed by atoms with Crippen LogP contribution in [0.15, 0.2) is 6.33 Å². The number of ether oxygens (including phenoxy) is 1. The van der Waals surface area contributed by atoms with Crippen molar-refractivity contribution in [1.29, 1.82) is 0 Å². The van der Waals surface area contributed by atoms with Crippen molar-refractivity contribution in [3.05, 3.63) is 23.3 Å². The summed E-state index contributed by atoms with van der Waals surface area (Å²) in [4.78, 5) is 18.7. The molecule has 15 heavy (non-hydrogen) atoms. The molecular weight excluding hydrogens is 196 g/mol. The molecule has 1 aliphatic heterocycles. The van der Waals surface area contributed by atoms with Crippen LogP contribution >= 0.6 is 0 Å². The maximum atomic E-state index is 10.5. The van der Waals surface area contributed by atoms with Gasteiger partial charge in [-0.2, -0.15) is 0 Å². The fourth-order valence-electron chi connectivity index (χ4n) is 1.66. The zero-order chi connectivity index (χ0) is 10.7. The highest BCUT2D eigenvalue weighted by Crippen LogP contribution is 2.17. The average Bonchev–Trinajstić information content (AvgIpc) is 2.26. The number of carboxylic acid groups (broad SMARTS) is 1. The fraction of sp³-hybridized carbons (Fsp3) is 0.500. The minimum atomic E-state index is -0.806. The van der Waals surface area contributed by atoms with Crippen LogP contribution in [0.5, 0.6) is 0 Å². The summed E-state index contributed by atoms with van der Waals surface area (Å²) in [6.07, 6.45) is 2.84. The number of aromatic nitrogens is 2. The lowest BCUT2D eigenvalue weighted by molar-refractivity contribution is -0.136. The van der Waals surface area contributed by atoms with Gasteiger partial charge in [0.2, 0.25) is 0 Å². The van der Waals surface area contributed by atoms with Crippen molar-refractivity contribution in [1.82, 2.24) is 9.97 Å². The van der Waals surface area contributed by atoms with Gasteiger partial charge in [0, 0.05) is 18.4 Å². The van der Waals surface area contributed by atoms with E-state index in [0.717, 1.165) is 23.4 Å². The molecular formula is C10H12N2O3. The molecule has 1 aromatic heterocycles. The monoisotopic (exact) mass is 208 g/mol. The van der Waals surface area contributed by atoms with Crippen LogP contribution in [-0.2, 0) is 29.0 Å². The molecule has 2 heterocycles. The second-order valence-electron chi connectivity index (χ2n) is 3.44. The van der Waals surface area contributed by atoms with E-state index in [9.17, 15) is 4.79 Å². The fourth-order valence-corrected chi connectivity index (χ4v) is 1.66. The molecule has 0 radical (unpaired) electrons. The summed E-state index contributed by atoms with van der Waals surface area (Å²) in [5, 5.41) is 8.60. The van der Waals surface area contributed by atoms with Crippen LogP contribution in [-0.4, -0.2) is 27.7 Å². The second kappa shape index (κ2) is 4.35. The van der Waals surface area contributed by atoms with Crippen molar-refractivity contribution in [2.45, 2.75) is 25.9 Å². The van der Waals surface area contributed by atoms with Crippen molar-refractivity contribution < 1.29 is 14.6 Å². The van der Waals surface area contributed by atoms with E-state index in [2.05, 4.69) is 9.97 Å². The lowest BCUT2D eigenvalue weighted by Gasteiger charge is -2.17. The third-order valence-electron chi connectivity index (χ3n) is 2.43. The Kier molecular flexibility index (Phi) is 2.91. The van der Waals surface area contributed by atoms with Crippen LogP contribution in [0.4, 0.5) is 0 Å². The number of aliphatic carboxylic acids is 1. The van der Waals surface area contributed by atoms with Gasteiger partial charge >= 0.3 is 5.97 Å². The molecule has 0 fully saturated rings. The van der Waals surface area contributed by atoms with Crippen molar-refractivity contribution in [3.8, 4) is 0 Å². The quantitative estimate of drug-likeness (QED) is 0.786. The highest BCUT2D eigenvalue weighted by Gasteiger charge is 2.15. The molecule has 5 heteroatoms. The molecule has 0 aromatic carbocycles. The number of carboxylic acids is 1. The molecule has 5 nitrogen and oxygen atoms in total. The van der Waals surface area contributed by atoms with Crippen molar-refractivity contribution in [2.75, 3.05) is 6.61 Å². The van der Waals surface area contributed by atoms with Crippen LogP contribution in [0, 0.1) is 0 Å². The minimum absolute atomic E-state index is 0.101. The predicted molar refractivity (Wildman–Crippen MR) is 51.3 cm³/mol. The van der Waals surface area contributed by atoms with Crippen molar-refractivity contribution in [3.63, 3.8) is 0 Å². The highest BCUT2D eigenvalue weighted by atomic mass is 16.5. The molecule has 0 bridgehead atoms. The van der Waals surface area contributed by atoms with E-state index in [4.69, 9.17) is 9.84 Å². The minimum Gasteiger partial charge on any atom is -0.481 e. The molecule has 0 aliphatic carbocycles. The van der Waals surface area contributed by atoms with Gasteiger partial charge in [0.15, 0.2) is 0 Å². The van der Waals surface area contributed by atoms with E-state index in [-0.39, 0.29) is 6.42 Å². The summed E-state index contributed by atoms with van der Waals surface area (Å²) in [6, 6.07) is 0. The first kappa shape index (κ1) is 10.0. The lowest BCUT2D eigenvalue weighted by Crippen LogP contribution is -2.16. The SMILES string of the molecule is O=C(O)CCc1ncnc2c1COCC2. The average molecular weight is 208 g/mol. The van der Waals surface area contributed by atoms with Gasteiger partial charge < -0.3 is 9.84 Å². The Hall–Kier alpha value is -1.49. The molecule has 0 saturated carbocycles. The number of rotatable bonds is 3. The third kappa shape index (κ3) is 2.30. The van der Waals surface area contributed by atoms with Crippen molar-refractivity contribution >= 4 is 5.97 Å². The molecule has 2 rings (SSSR count).